The molecule has 0 radical (unpaired) electrons. The van der Waals surface area contributed by atoms with E-state index in [1.807, 2.05) is 50.2 Å². The molecule has 3 aromatic rings. The Morgan fingerprint density at radius 3 is 2.52 bits per heavy atom. The van der Waals surface area contributed by atoms with Crippen LogP contribution in [0.2, 0.25) is 0 Å². The van der Waals surface area contributed by atoms with Crippen molar-refractivity contribution >= 4 is 27.0 Å². The summed E-state index contributed by atoms with van der Waals surface area (Å²) in [4.78, 5) is 11.4. The fraction of sp³-hybridized carbons (Fsp3) is 0.348. The monoisotopic (exact) mass is 445 g/mol. The summed E-state index contributed by atoms with van der Waals surface area (Å²) in [5.41, 5.74) is 2.21. The summed E-state index contributed by atoms with van der Waals surface area (Å²) in [5, 5.41) is 0.747. The fourth-order valence-corrected chi connectivity index (χ4v) is 4.29. The van der Waals surface area contributed by atoms with Gasteiger partial charge in [0.05, 0.1) is 12.9 Å². The van der Waals surface area contributed by atoms with Crippen LogP contribution >= 0.6 is 0 Å². The van der Waals surface area contributed by atoms with Crippen molar-refractivity contribution in [1.82, 2.24) is 4.72 Å². The van der Waals surface area contributed by atoms with E-state index in [0.29, 0.717) is 23.5 Å². The lowest BCUT2D eigenvalue weighted by Gasteiger charge is -2.09. The van der Waals surface area contributed by atoms with Crippen LogP contribution in [0.15, 0.2) is 52.9 Å². The number of fused-ring (bicyclic) bond motifs is 1. The predicted molar refractivity (Wildman–Crippen MR) is 119 cm³/mol. The van der Waals surface area contributed by atoms with E-state index in [0.717, 1.165) is 16.5 Å². The molecular formula is C23H27NO6S. The molecule has 166 valence electrons. The van der Waals surface area contributed by atoms with Crippen molar-refractivity contribution in [3.05, 3.63) is 65.4 Å². The number of sulfonamides is 1. The van der Waals surface area contributed by atoms with E-state index in [9.17, 15) is 13.2 Å². The Kier molecular flexibility index (Phi) is 7.35. The minimum absolute atomic E-state index is 0.00268. The molecule has 0 unspecified atom stereocenters. The molecule has 2 aromatic carbocycles. The third kappa shape index (κ3) is 5.86. The van der Waals surface area contributed by atoms with Gasteiger partial charge in [0, 0.05) is 23.4 Å². The number of ether oxygens (including phenoxy) is 2. The number of carbonyl (C=O) groups excluding carboxylic acids is 1. The van der Waals surface area contributed by atoms with Crippen molar-refractivity contribution in [3.8, 4) is 5.75 Å². The highest BCUT2D eigenvalue weighted by atomic mass is 32.2. The normalized spacial score (nSPS) is 11.7. The number of rotatable bonds is 10. The van der Waals surface area contributed by atoms with Gasteiger partial charge in [-0.2, -0.15) is 0 Å². The average Bonchev–Trinajstić information content (AvgIpc) is 3.15. The summed E-state index contributed by atoms with van der Waals surface area (Å²) < 4.78 is 44.0. The topological polar surface area (TPSA) is 94.8 Å². The molecule has 0 aliphatic heterocycles. The summed E-state index contributed by atoms with van der Waals surface area (Å²) in [6, 6.07) is 14.8. The van der Waals surface area contributed by atoms with E-state index in [4.69, 9.17) is 9.15 Å². The summed E-state index contributed by atoms with van der Waals surface area (Å²) in [5.74, 6) is 0.610. The van der Waals surface area contributed by atoms with Crippen molar-refractivity contribution in [1.29, 1.82) is 0 Å². The first-order valence-electron chi connectivity index (χ1n) is 10.1. The second-order valence-corrected chi connectivity index (χ2v) is 9.40. The zero-order valence-electron chi connectivity index (χ0n) is 17.9. The molecule has 1 heterocycles. The predicted octanol–water partition coefficient (Wildman–Crippen LogP) is 3.77. The molecule has 3 rings (SSSR count). The van der Waals surface area contributed by atoms with Crippen LogP contribution in [0.1, 0.15) is 36.7 Å². The minimum atomic E-state index is -3.49. The average molecular weight is 446 g/mol. The Hall–Kier alpha value is -2.84. The lowest BCUT2D eigenvalue weighted by molar-refractivity contribution is -0.142. The highest BCUT2D eigenvalue weighted by Crippen LogP contribution is 2.36. The molecule has 0 aliphatic rings. The molecule has 8 heteroatoms. The lowest BCUT2D eigenvalue weighted by Crippen LogP contribution is -2.27. The smallest absolute Gasteiger partial charge is 0.343 e. The van der Waals surface area contributed by atoms with E-state index in [1.54, 1.807) is 12.1 Å². The van der Waals surface area contributed by atoms with Gasteiger partial charge >= 0.3 is 5.97 Å². The molecule has 0 saturated carbocycles. The second kappa shape index (κ2) is 9.98. The molecule has 0 spiro atoms. The van der Waals surface area contributed by atoms with Crippen LogP contribution in [0.5, 0.6) is 5.75 Å². The van der Waals surface area contributed by atoms with E-state index >= 15 is 0 Å². The van der Waals surface area contributed by atoms with Gasteiger partial charge in [-0.25, -0.2) is 17.9 Å². The number of nitrogens with one attached hydrogen (secondary N) is 1. The molecule has 1 N–H and O–H groups in total. The van der Waals surface area contributed by atoms with Gasteiger partial charge in [0.15, 0.2) is 17.9 Å². The SMILES string of the molecule is COC(=O)COc1cccc2c(CNS(=O)(=O)CCc3ccccc3)c(C(C)C)oc12. The standard InChI is InChI=1S/C23H27NO6S/c1-16(2)22-19(14-24-31(26,27)13-12-17-8-5-4-6-9-17)18-10-7-11-20(23(18)30-22)29-15-21(25)28-3/h4-11,16,24H,12-15H2,1-3H3. The molecule has 0 amide bonds. The van der Waals surface area contributed by atoms with Crippen LogP contribution in [0.25, 0.3) is 11.0 Å². The molecular weight excluding hydrogens is 418 g/mol. The third-order valence-corrected chi connectivity index (χ3v) is 6.21. The molecule has 0 aliphatic carbocycles. The van der Waals surface area contributed by atoms with Gasteiger partial charge < -0.3 is 13.9 Å². The third-order valence-electron chi connectivity index (χ3n) is 4.88. The van der Waals surface area contributed by atoms with E-state index in [-0.39, 0.29) is 24.8 Å². The number of furan rings is 1. The molecule has 7 nitrogen and oxygen atoms in total. The van der Waals surface area contributed by atoms with Gasteiger partial charge in [0.2, 0.25) is 10.0 Å². The van der Waals surface area contributed by atoms with Crippen LogP contribution in [0, 0.1) is 0 Å². The Balaban J connectivity index is 1.80. The first-order chi connectivity index (χ1) is 14.8. The maximum atomic E-state index is 12.6. The molecule has 1 aromatic heterocycles. The van der Waals surface area contributed by atoms with Crippen LogP contribution in [0.3, 0.4) is 0 Å². The maximum Gasteiger partial charge on any atom is 0.343 e. The van der Waals surface area contributed by atoms with Gasteiger partial charge in [0.1, 0.15) is 5.76 Å². The number of methoxy groups -OCH3 is 1. The number of benzene rings is 2. The number of hydrogen-bond donors (Lipinski definition) is 1. The first-order valence-corrected chi connectivity index (χ1v) is 11.7. The number of para-hydroxylation sites is 1. The van der Waals surface area contributed by atoms with Crippen LogP contribution in [-0.4, -0.2) is 33.9 Å². The number of aryl methyl sites for hydroxylation is 1. The summed E-state index contributed by atoms with van der Waals surface area (Å²) in [6.45, 7) is 3.81. The largest absolute Gasteiger partial charge is 0.478 e. The van der Waals surface area contributed by atoms with Crippen molar-refractivity contribution in [2.75, 3.05) is 19.5 Å². The molecule has 0 bridgehead atoms. The van der Waals surface area contributed by atoms with Gasteiger partial charge in [-0.15, -0.1) is 0 Å². The van der Waals surface area contributed by atoms with Crippen molar-refractivity contribution in [2.24, 2.45) is 0 Å². The van der Waals surface area contributed by atoms with Gasteiger partial charge in [-0.05, 0) is 18.1 Å². The van der Waals surface area contributed by atoms with Crippen LogP contribution < -0.4 is 9.46 Å². The van der Waals surface area contributed by atoms with Gasteiger partial charge in [-0.1, -0.05) is 56.3 Å². The van der Waals surface area contributed by atoms with Crippen LogP contribution in [0.4, 0.5) is 0 Å². The summed E-state index contributed by atoms with van der Waals surface area (Å²) >= 11 is 0. The Bertz CT molecular complexity index is 1140. The number of carbonyl (C=O) groups is 1. The number of hydrogen-bond acceptors (Lipinski definition) is 6. The molecule has 0 atom stereocenters. The summed E-state index contributed by atoms with van der Waals surface area (Å²) in [6.07, 6.45) is 0.435. The minimum Gasteiger partial charge on any atom is -0.478 e. The lowest BCUT2D eigenvalue weighted by atomic mass is 10.0. The van der Waals surface area contributed by atoms with Crippen molar-refractivity contribution in [2.45, 2.75) is 32.7 Å². The van der Waals surface area contributed by atoms with E-state index in [2.05, 4.69) is 9.46 Å². The van der Waals surface area contributed by atoms with Crippen LogP contribution in [-0.2, 0) is 32.5 Å². The van der Waals surface area contributed by atoms with Crippen molar-refractivity contribution < 1.29 is 27.1 Å². The second-order valence-electron chi connectivity index (χ2n) is 7.47. The van der Waals surface area contributed by atoms with Gasteiger partial charge in [-0.3, -0.25) is 0 Å². The number of esters is 1. The zero-order valence-corrected chi connectivity index (χ0v) is 18.7. The first kappa shape index (κ1) is 22.8. The quantitative estimate of drug-likeness (QED) is 0.478. The summed E-state index contributed by atoms with van der Waals surface area (Å²) in [7, 11) is -2.20. The Labute approximate surface area is 182 Å². The fourth-order valence-electron chi connectivity index (χ4n) is 3.27. The molecule has 0 fully saturated rings. The highest BCUT2D eigenvalue weighted by molar-refractivity contribution is 7.89. The molecule has 0 saturated heterocycles. The van der Waals surface area contributed by atoms with E-state index in [1.165, 1.54) is 7.11 Å². The molecule has 31 heavy (non-hydrogen) atoms. The van der Waals surface area contributed by atoms with Crippen molar-refractivity contribution in [3.63, 3.8) is 0 Å². The highest BCUT2D eigenvalue weighted by Gasteiger charge is 2.21. The Morgan fingerprint density at radius 2 is 1.84 bits per heavy atom. The zero-order chi connectivity index (χ0) is 22.4. The van der Waals surface area contributed by atoms with E-state index < -0.39 is 16.0 Å². The Morgan fingerprint density at radius 1 is 1.10 bits per heavy atom. The maximum absolute atomic E-state index is 12.6. The van der Waals surface area contributed by atoms with Gasteiger partial charge in [0.25, 0.3) is 0 Å².